The van der Waals surface area contributed by atoms with Gasteiger partial charge in [0.2, 0.25) is 11.9 Å². The lowest BCUT2D eigenvalue weighted by Gasteiger charge is -2.06. The van der Waals surface area contributed by atoms with Crippen LogP contribution in [0.5, 0.6) is 0 Å². The zero-order valence-electron chi connectivity index (χ0n) is 11.6. The molecule has 0 amide bonds. The van der Waals surface area contributed by atoms with Crippen LogP contribution in [0.2, 0.25) is 0 Å². The Hall–Kier alpha value is -3.04. The third-order valence-corrected chi connectivity index (χ3v) is 2.75. The summed E-state index contributed by atoms with van der Waals surface area (Å²) >= 11 is 0. The Balaban J connectivity index is 1.95. The van der Waals surface area contributed by atoms with Crippen molar-refractivity contribution in [1.82, 2.24) is 39.5 Å². The second-order valence-corrected chi connectivity index (χ2v) is 4.30. The topological polar surface area (TPSA) is 125 Å². The monoisotopic (exact) mass is 286 g/mol. The molecule has 0 aliphatic carbocycles. The summed E-state index contributed by atoms with van der Waals surface area (Å²) in [7, 11) is 1.85. The van der Waals surface area contributed by atoms with Gasteiger partial charge in [-0.05, 0) is 6.42 Å². The molecule has 0 aliphatic heterocycles. The molecule has 0 unspecified atom stereocenters. The van der Waals surface area contributed by atoms with Gasteiger partial charge in [-0.15, -0.1) is 0 Å². The molecule has 0 saturated carbocycles. The minimum atomic E-state index is 0.0972. The lowest BCUT2D eigenvalue weighted by Crippen LogP contribution is -2.09. The van der Waals surface area contributed by atoms with Gasteiger partial charge in [-0.3, -0.25) is 4.68 Å². The van der Waals surface area contributed by atoms with Crippen molar-refractivity contribution >= 4 is 17.6 Å². The Morgan fingerprint density at radius 3 is 2.86 bits per heavy atom. The number of nitrogens with two attached hydrogens (primary N) is 1. The summed E-state index contributed by atoms with van der Waals surface area (Å²) in [6.45, 7) is 2.02. The van der Waals surface area contributed by atoms with Crippen LogP contribution in [0.3, 0.4) is 0 Å². The molecule has 3 N–H and O–H groups in total. The molecule has 0 spiro atoms. The van der Waals surface area contributed by atoms with Crippen molar-refractivity contribution in [2.24, 2.45) is 7.05 Å². The first-order chi connectivity index (χ1) is 10.2. The van der Waals surface area contributed by atoms with E-state index in [-0.39, 0.29) is 5.95 Å². The SMILES string of the molecule is CCc1nn(C)cc1Nc1nc(N)nc(-n2cncn2)n1. The number of nitrogen functional groups attached to an aromatic ring is 1. The molecule has 0 fully saturated rings. The number of hydrogen-bond acceptors (Lipinski definition) is 8. The van der Waals surface area contributed by atoms with E-state index in [9.17, 15) is 0 Å². The molecular formula is C11H14N10. The Labute approximate surface area is 120 Å². The summed E-state index contributed by atoms with van der Waals surface area (Å²) in [5.41, 5.74) is 7.45. The molecule has 3 heterocycles. The predicted octanol–water partition coefficient (Wildman–Crippen LogP) is 0.0740. The molecule has 3 aromatic rings. The first kappa shape index (κ1) is 13.0. The lowest BCUT2D eigenvalue weighted by molar-refractivity contribution is 0.746. The van der Waals surface area contributed by atoms with Crippen LogP contribution >= 0.6 is 0 Å². The van der Waals surface area contributed by atoms with Crippen molar-refractivity contribution in [3.05, 3.63) is 24.5 Å². The molecule has 3 aromatic heterocycles. The van der Waals surface area contributed by atoms with E-state index in [1.54, 1.807) is 4.68 Å². The van der Waals surface area contributed by atoms with Gasteiger partial charge in [-0.1, -0.05) is 6.92 Å². The van der Waals surface area contributed by atoms with Gasteiger partial charge in [0.05, 0.1) is 11.4 Å². The molecule has 0 atom stereocenters. The van der Waals surface area contributed by atoms with Gasteiger partial charge >= 0.3 is 0 Å². The van der Waals surface area contributed by atoms with Crippen molar-refractivity contribution in [2.75, 3.05) is 11.1 Å². The second kappa shape index (κ2) is 5.15. The molecule has 0 radical (unpaired) electrons. The van der Waals surface area contributed by atoms with Gasteiger partial charge in [0, 0.05) is 13.2 Å². The Morgan fingerprint density at radius 2 is 2.14 bits per heavy atom. The summed E-state index contributed by atoms with van der Waals surface area (Å²) < 4.78 is 3.14. The van der Waals surface area contributed by atoms with Crippen molar-refractivity contribution in [3.8, 4) is 5.95 Å². The van der Waals surface area contributed by atoms with Crippen LogP contribution in [0, 0.1) is 0 Å². The maximum absolute atomic E-state index is 5.71. The Morgan fingerprint density at radius 1 is 1.29 bits per heavy atom. The van der Waals surface area contributed by atoms with Crippen LogP contribution in [0.15, 0.2) is 18.9 Å². The van der Waals surface area contributed by atoms with E-state index in [1.165, 1.54) is 17.3 Å². The number of anilines is 3. The van der Waals surface area contributed by atoms with Gasteiger partial charge in [0.25, 0.3) is 5.95 Å². The van der Waals surface area contributed by atoms with Crippen LogP contribution in [0.1, 0.15) is 12.6 Å². The van der Waals surface area contributed by atoms with Crippen LogP contribution < -0.4 is 11.1 Å². The zero-order chi connectivity index (χ0) is 14.8. The van der Waals surface area contributed by atoms with E-state index in [4.69, 9.17) is 5.73 Å². The highest BCUT2D eigenvalue weighted by atomic mass is 15.4. The summed E-state index contributed by atoms with van der Waals surface area (Å²) in [6.07, 6.45) is 5.52. The normalized spacial score (nSPS) is 10.8. The lowest BCUT2D eigenvalue weighted by atomic mass is 10.3. The molecule has 10 nitrogen and oxygen atoms in total. The third-order valence-electron chi connectivity index (χ3n) is 2.75. The van der Waals surface area contributed by atoms with E-state index < -0.39 is 0 Å². The molecular weight excluding hydrogens is 272 g/mol. The second-order valence-electron chi connectivity index (χ2n) is 4.30. The molecule has 21 heavy (non-hydrogen) atoms. The summed E-state index contributed by atoms with van der Waals surface area (Å²) in [4.78, 5) is 16.2. The van der Waals surface area contributed by atoms with Gasteiger partial charge in [-0.2, -0.15) is 29.8 Å². The van der Waals surface area contributed by atoms with Gasteiger partial charge < -0.3 is 11.1 Å². The summed E-state index contributed by atoms with van der Waals surface area (Å²) in [6, 6.07) is 0. The minimum Gasteiger partial charge on any atom is -0.368 e. The highest BCUT2D eigenvalue weighted by molar-refractivity contribution is 5.56. The fraction of sp³-hybridized carbons (Fsp3) is 0.273. The number of aryl methyl sites for hydroxylation is 2. The average molecular weight is 286 g/mol. The van der Waals surface area contributed by atoms with E-state index in [1.807, 2.05) is 20.2 Å². The van der Waals surface area contributed by atoms with E-state index in [2.05, 4.69) is 35.5 Å². The smallest absolute Gasteiger partial charge is 0.258 e. The van der Waals surface area contributed by atoms with Gasteiger partial charge in [0.15, 0.2) is 0 Å². The third kappa shape index (κ3) is 2.63. The maximum atomic E-state index is 5.71. The quantitative estimate of drug-likeness (QED) is 0.690. The van der Waals surface area contributed by atoms with E-state index in [0.29, 0.717) is 11.9 Å². The highest BCUT2D eigenvalue weighted by Gasteiger charge is 2.11. The van der Waals surface area contributed by atoms with Crippen LogP contribution in [-0.2, 0) is 13.5 Å². The van der Waals surface area contributed by atoms with Crippen molar-refractivity contribution in [2.45, 2.75) is 13.3 Å². The molecule has 3 rings (SSSR count). The van der Waals surface area contributed by atoms with E-state index >= 15 is 0 Å². The van der Waals surface area contributed by atoms with Gasteiger partial charge in [0.1, 0.15) is 12.7 Å². The van der Waals surface area contributed by atoms with Crippen LogP contribution in [0.4, 0.5) is 17.6 Å². The first-order valence-corrected chi connectivity index (χ1v) is 6.32. The number of nitrogens with zero attached hydrogens (tertiary/aromatic N) is 8. The Bertz CT molecular complexity index is 744. The molecule has 0 saturated heterocycles. The van der Waals surface area contributed by atoms with Crippen LogP contribution in [-0.4, -0.2) is 39.5 Å². The number of rotatable bonds is 4. The predicted molar refractivity (Wildman–Crippen MR) is 75.0 cm³/mol. The standard InChI is InChI=1S/C11H14N10/c1-3-7-8(4-20(2)19-7)15-10-16-9(12)17-11(18-10)21-6-13-5-14-21/h4-6H,3H2,1-2H3,(H3,12,15,16,17,18). The summed E-state index contributed by atoms with van der Waals surface area (Å²) in [5, 5.41) is 11.4. The molecule has 0 aliphatic rings. The molecule has 0 aromatic carbocycles. The van der Waals surface area contributed by atoms with Crippen molar-refractivity contribution in [1.29, 1.82) is 0 Å². The average Bonchev–Trinajstić information content (AvgIpc) is 3.07. The fourth-order valence-electron chi connectivity index (χ4n) is 1.87. The van der Waals surface area contributed by atoms with Crippen molar-refractivity contribution < 1.29 is 0 Å². The van der Waals surface area contributed by atoms with Gasteiger partial charge in [-0.25, -0.2) is 4.98 Å². The Kier molecular flexibility index (Phi) is 3.18. The summed E-state index contributed by atoms with van der Waals surface area (Å²) in [5.74, 6) is 0.722. The zero-order valence-corrected chi connectivity index (χ0v) is 11.6. The largest absolute Gasteiger partial charge is 0.368 e. The van der Waals surface area contributed by atoms with Crippen LogP contribution in [0.25, 0.3) is 5.95 Å². The highest BCUT2D eigenvalue weighted by Crippen LogP contribution is 2.18. The molecule has 0 bridgehead atoms. The van der Waals surface area contributed by atoms with Crippen molar-refractivity contribution in [3.63, 3.8) is 0 Å². The number of hydrogen-bond donors (Lipinski definition) is 2. The van der Waals surface area contributed by atoms with E-state index in [0.717, 1.165) is 17.8 Å². The number of aromatic nitrogens is 8. The molecule has 108 valence electrons. The molecule has 10 heteroatoms. The maximum Gasteiger partial charge on any atom is 0.258 e. The fourth-order valence-corrected chi connectivity index (χ4v) is 1.87. The number of nitrogens with one attached hydrogen (secondary N) is 1. The minimum absolute atomic E-state index is 0.0972. The first-order valence-electron chi connectivity index (χ1n) is 6.32.